The lowest BCUT2D eigenvalue weighted by Gasteiger charge is -2.03. The molecule has 0 aliphatic carbocycles. The summed E-state index contributed by atoms with van der Waals surface area (Å²) < 4.78 is 6.96. The summed E-state index contributed by atoms with van der Waals surface area (Å²) >= 11 is 5.88. The second-order valence-electron chi connectivity index (χ2n) is 3.54. The van der Waals surface area contributed by atoms with Gasteiger partial charge in [-0.25, -0.2) is 0 Å². The maximum atomic E-state index is 5.88. The third-order valence-corrected chi connectivity index (χ3v) is 2.68. The van der Waals surface area contributed by atoms with E-state index in [1.807, 2.05) is 37.5 Å². The summed E-state index contributed by atoms with van der Waals surface area (Å²) in [5.74, 6) is 1.28. The smallest absolute Gasteiger partial charge is 0.119 e. The van der Waals surface area contributed by atoms with E-state index in [1.54, 1.807) is 11.8 Å². The zero-order chi connectivity index (χ0) is 11.5. The zero-order valence-electron chi connectivity index (χ0n) is 9.27. The first kappa shape index (κ1) is 11.0. The molecule has 0 radical (unpaired) electrons. The Labute approximate surface area is 99.6 Å². The van der Waals surface area contributed by atoms with Crippen molar-refractivity contribution in [3.05, 3.63) is 36.0 Å². The van der Waals surface area contributed by atoms with E-state index in [4.69, 9.17) is 16.3 Å². The Morgan fingerprint density at radius 2 is 2.25 bits per heavy atom. The molecule has 3 nitrogen and oxygen atoms in total. The van der Waals surface area contributed by atoms with Gasteiger partial charge in [-0.3, -0.25) is 4.68 Å². The molecule has 0 saturated carbocycles. The molecule has 2 aromatic rings. The summed E-state index contributed by atoms with van der Waals surface area (Å²) in [6.45, 7) is 0. The monoisotopic (exact) mass is 236 g/mol. The molecule has 2 rings (SSSR count). The molecule has 4 heteroatoms. The van der Waals surface area contributed by atoms with Gasteiger partial charge in [0.25, 0.3) is 0 Å². The Hall–Kier alpha value is -1.48. The van der Waals surface area contributed by atoms with Crippen LogP contribution in [0, 0.1) is 0 Å². The van der Waals surface area contributed by atoms with Crippen molar-refractivity contribution in [1.82, 2.24) is 9.78 Å². The van der Waals surface area contributed by atoms with Crippen molar-refractivity contribution in [2.24, 2.45) is 7.05 Å². The van der Waals surface area contributed by atoms with Gasteiger partial charge in [-0.05, 0) is 12.1 Å². The summed E-state index contributed by atoms with van der Waals surface area (Å²) in [5, 5.41) is 4.40. The molecule has 0 fully saturated rings. The molecule has 1 heterocycles. The third-order valence-electron chi connectivity index (χ3n) is 2.39. The summed E-state index contributed by atoms with van der Waals surface area (Å²) in [6, 6.07) is 7.81. The second-order valence-corrected chi connectivity index (χ2v) is 3.81. The van der Waals surface area contributed by atoms with Crippen molar-refractivity contribution in [2.75, 3.05) is 7.11 Å². The van der Waals surface area contributed by atoms with E-state index in [0.717, 1.165) is 22.6 Å². The fourth-order valence-electron chi connectivity index (χ4n) is 1.65. The van der Waals surface area contributed by atoms with Gasteiger partial charge in [-0.2, -0.15) is 5.10 Å². The van der Waals surface area contributed by atoms with E-state index in [0.29, 0.717) is 5.88 Å². The average molecular weight is 237 g/mol. The maximum absolute atomic E-state index is 5.88. The molecule has 0 spiro atoms. The van der Waals surface area contributed by atoms with E-state index < -0.39 is 0 Å². The minimum Gasteiger partial charge on any atom is -0.497 e. The first-order valence-electron chi connectivity index (χ1n) is 4.97. The molecule has 0 amide bonds. The summed E-state index contributed by atoms with van der Waals surface area (Å²) in [5.41, 5.74) is 2.96. The normalized spacial score (nSPS) is 10.4. The van der Waals surface area contributed by atoms with E-state index in [-0.39, 0.29) is 0 Å². The Morgan fingerprint density at radius 1 is 1.44 bits per heavy atom. The van der Waals surface area contributed by atoms with Gasteiger partial charge in [0, 0.05) is 24.4 Å². The average Bonchev–Trinajstić information content (AvgIpc) is 2.70. The number of methoxy groups -OCH3 is 1. The predicted octanol–water partition coefficient (Wildman–Crippen LogP) is 2.83. The molecule has 0 atom stereocenters. The Balaban J connectivity index is 2.48. The van der Waals surface area contributed by atoms with Crippen molar-refractivity contribution < 1.29 is 4.74 Å². The van der Waals surface area contributed by atoms with Crippen LogP contribution in [0.1, 0.15) is 5.56 Å². The number of hydrogen-bond acceptors (Lipinski definition) is 2. The SMILES string of the molecule is COc1cccc(-c2nn(C)cc2CCl)c1. The second kappa shape index (κ2) is 4.58. The van der Waals surface area contributed by atoms with Crippen molar-refractivity contribution >= 4 is 11.6 Å². The van der Waals surface area contributed by atoms with Gasteiger partial charge in [0.2, 0.25) is 0 Å². The van der Waals surface area contributed by atoms with E-state index in [1.165, 1.54) is 0 Å². The number of halogens is 1. The molecule has 0 N–H and O–H groups in total. The van der Waals surface area contributed by atoms with Gasteiger partial charge in [0.1, 0.15) is 5.75 Å². The number of nitrogens with zero attached hydrogens (tertiary/aromatic N) is 2. The number of benzene rings is 1. The molecular weight excluding hydrogens is 224 g/mol. The van der Waals surface area contributed by atoms with Crippen LogP contribution in [-0.4, -0.2) is 16.9 Å². The number of alkyl halides is 1. The standard InChI is InChI=1S/C12H13ClN2O/c1-15-8-10(7-13)12(14-15)9-4-3-5-11(6-9)16-2/h3-6,8H,7H2,1-2H3. The fraction of sp³-hybridized carbons (Fsp3) is 0.250. The molecule has 84 valence electrons. The van der Waals surface area contributed by atoms with Gasteiger partial charge < -0.3 is 4.74 Å². The van der Waals surface area contributed by atoms with Crippen molar-refractivity contribution in [3.63, 3.8) is 0 Å². The molecule has 1 aromatic carbocycles. The lowest BCUT2D eigenvalue weighted by Crippen LogP contribution is -1.89. The number of rotatable bonds is 3. The first-order valence-corrected chi connectivity index (χ1v) is 5.51. The summed E-state index contributed by atoms with van der Waals surface area (Å²) in [4.78, 5) is 0. The van der Waals surface area contributed by atoms with Gasteiger partial charge in [0.05, 0.1) is 18.7 Å². The number of aryl methyl sites for hydroxylation is 1. The van der Waals surface area contributed by atoms with Crippen LogP contribution in [0.4, 0.5) is 0 Å². The highest BCUT2D eigenvalue weighted by atomic mass is 35.5. The Kier molecular flexibility index (Phi) is 3.15. The topological polar surface area (TPSA) is 27.1 Å². The lowest BCUT2D eigenvalue weighted by atomic mass is 10.1. The van der Waals surface area contributed by atoms with Gasteiger partial charge in [-0.1, -0.05) is 12.1 Å². The minimum atomic E-state index is 0.459. The number of hydrogen-bond donors (Lipinski definition) is 0. The highest BCUT2D eigenvalue weighted by Crippen LogP contribution is 2.26. The number of ether oxygens (including phenoxy) is 1. The van der Waals surface area contributed by atoms with Gasteiger partial charge in [0.15, 0.2) is 0 Å². The van der Waals surface area contributed by atoms with E-state index in [2.05, 4.69) is 5.10 Å². The first-order chi connectivity index (χ1) is 7.74. The molecule has 0 saturated heterocycles. The van der Waals surface area contributed by atoms with Crippen LogP contribution in [0.3, 0.4) is 0 Å². The van der Waals surface area contributed by atoms with Gasteiger partial charge in [-0.15, -0.1) is 11.6 Å². The van der Waals surface area contributed by atoms with E-state index >= 15 is 0 Å². The third kappa shape index (κ3) is 2.04. The summed E-state index contributed by atoms with van der Waals surface area (Å²) in [6.07, 6.45) is 1.93. The quantitative estimate of drug-likeness (QED) is 0.767. The van der Waals surface area contributed by atoms with Crippen LogP contribution >= 0.6 is 11.6 Å². The zero-order valence-corrected chi connectivity index (χ0v) is 10.0. The van der Waals surface area contributed by atoms with Crippen LogP contribution in [0.15, 0.2) is 30.5 Å². The molecule has 0 aliphatic heterocycles. The summed E-state index contributed by atoms with van der Waals surface area (Å²) in [7, 11) is 3.54. The van der Waals surface area contributed by atoms with Crippen LogP contribution in [0.5, 0.6) is 5.75 Å². The highest BCUT2D eigenvalue weighted by Gasteiger charge is 2.09. The molecule has 0 bridgehead atoms. The van der Waals surface area contributed by atoms with Crippen molar-refractivity contribution in [2.45, 2.75) is 5.88 Å². The van der Waals surface area contributed by atoms with Crippen LogP contribution in [-0.2, 0) is 12.9 Å². The van der Waals surface area contributed by atoms with Crippen molar-refractivity contribution in [3.8, 4) is 17.0 Å². The Morgan fingerprint density at radius 3 is 2.94 bits per heavy atom. The molecule has 16 heavy (non-hydrogen) atoms. The van der Waals surface area contributed by atoms with Crippen LogP contribution < -0.4 is 4.74 Å². The van der Waals surface area contributed by atoms with Crippen LogP contribution in [0.25, 0.3) is 11.3 Å². The van der Waals surface area contributed by atoms with Gasteiger partial charge >= 0.3 is 0 Å². The maximum Gasteiger partial charge on any atom is 0.119 e. The van der Waals surface area contributed by atoms with E-state index in [9.17, 15) is 0 Å². The predicted molar refractivity (Wildman–Crippen MR) is 64.8 cm³/mol. The molecular formula is C12H13ClN2O. The minimum absolute atomic E-state index is 0.459. The lowest BCUT2D eigenvalue weighted by molar-refractivity contribution is 0.415. The molecule has 1 aromatic heterocycles. The molecule has 0 aliphatic rings. The van der Waals surface area contributed by atoms with Crippen molar-refractivity contribution in [1.29, 1.82) is 0 Å². The fourth-order valence-corrected chi connectivity index (χ4v) is 1.84. The van der Waals surface area contributed by atoms with Crippen LogP contribution in [0.2, 0.25) is 0 Å². The molecule has 0 unspecified atom stereocenters. The Bertz CT molecular complexity index is 494. The number of aromatic nitrogens is 2. The largest absolute Gasteiger partial charge is 0.497 e. The highest BCUT2D eigenvalue weighted by molar-refractivity contribution is 6.17.